The Labute approximate surface area is 174 Å². The highest BCUT2D eigenvalue weighted by atomic mass is 28.2. The molecule has 1 unspecified atom stereocenters. The molecule has 0 saturated carbocycles. The zero-order valence-corrected chi connectivity index (χ0v) is 21.4. The van der Waals surface area contributed by atoms with Crippen molar-refractivity contribution in [1.82, 2.24) is 0 Å². The largest absolute Gasteiger partial charge is 0.528 e. The molecule has 0 bridgehead atoms. The van der Waals surface area contributed by atoms with Crippen molar-refractivity contribution in [2.45, 2.75) is 137 Å². The predicted molar refractivity (Wildman–Crippen MR) is 123 cm³/mol. The number of unbranched alkanes of at least 4 members (excludes halogenated alkanes) is 13. The van der Waals surface area contributed by atoms with E-state index in [1.807, 2.05) is 0 Å². The molecule has 0 saturated heterocycles. The van der Waals surface area contributed by atoms with Crippen molar-refractivity contribution < 1.29 is 9.22 Å². The third-order valence-corrected chi connectivity index (χ3v) is 6.67. The summed E-state index contributed by atoms with van der Waals surface area (Å²) in [6.07, 6.45) is 22.9. The summed E-state index contributed by atoms with van der Waals surface area (Å²) >= 11 is 0. The number of hydrogen-bond acceptors (Lipinski definition) is 2. The van der Waals surface area contributed by atoms with E-state index in [1.165, 1.54) is 109 Å². The second-order valence-electron chi connectivity index (χ2n) is 9.08. The van der Waals surface area contributed by atoms with Gasteiger partial charge in [0, 0.05) is 0 Å². The van der Waals surface area contributed by atoms with E-state index in [4.69, 9.17) is 4.43 Å². The molecule has 0 rings (SSSR count). The zero-order valence-electron chi connectivity index (χ0n) is 19.4. The lowest BCUT2D eigenvalue weighted by molar-refractivity contribution is -0.147. The van der Waals surface area contributed by atoms with E-state index >= 15 is 0 Å². The topological polar surface area (TPSA) is 26.3 Å². The fourth-order valence-corrected chi connectivity index (χ4v) is 4.68. The molecule has 162 valence electrons. The minimum atomic E-state index is -0.311. The molecule has 0 aromatic carbocycles. The number of hydrogen-bond donors (Lipinski definition) is 0. The monoisotopic (exact) mass is 398 g/mol. The van der Waals surface area contributed by atoms with Gasteiger partial charge < -0.3 is 4.43 Å². The molecule has 0 spiro atoms. The summed E-state index contributed by atoms with van der Waals surface area (Å²) in [5.41, 5.74) is -0.311. The van der Waals surface area contributed by atoms with Crippen LogP contribution in [0.4, 0.5) is 0 Å². The van der Waals surface area contributed by atoms with Crippen LogP contribution in [0.5, 0.6) is 0 Å². The maximum absolute atomic E-state index is 12.2. The summed E-state index contributed by atoms with van der Waals surface area (Å²) in [4.78, 5) is 12.2. The van der Waals surface area contributed by atoms with Crippen LogP contribution in [0.3, 0.4) is 0 Å². The van der Waals surface area contributed by atoms with Crippen LogP contribution >= 0.6 is 0 Å². The van der Waals surface area contributed by atoms with Crippen molar-refractivity contribution >= 4 is 16.5 Å². The van der Waals surface area contributed by atoms with Crippen LogP contribution in [-0.4, -0.2) is 16.5 Å². The molecule has 27 heavy (non-hydrogen) atoms. The Morgan fingerprint density at radius 3 is 1.48 bits per heavy atom. The molecule has 0 aliphatic rings. The van der Waals surface area contributed by atoms with Crippen molar-refractivity contribution in [2.75, 3.05) is 0 Å². The molecular formula is C24H50O2Si. The highest BCUT2D eigenvalue weighted by Gasteiger charge is 2.36. The van der Waals surface area contributed by atoms with Gasteiger partial charge >= 0.3 is 0 Å². The van der Waals surface area contributed by atoms with Gasteiger partial charge in [-0.25, -0.2) is 0 Å². The minimum Gasteiger partial charge on any atom is -0.528 e. The van der Waals surface area contributed by atoms with Crippen LogP contribution < -0.4 is 0 Å². The van der Waals surface area contributed by atoms with E-state index in [9.17, 15) is 4.79 Å². The smallest absolute Gasteiger partial charge is 0.297 e. The standard InChI is InChI=1S/C24H50O2Si/c1-5-7-9-10-11-12-13-14-15-16-17-18-19-21-22(20-8-6-2)24(3,4)23(25)26-27/h22H,5-21H2,1-4,27H3. The summed E-state index contributed by atoms with van der Waals surface area (Å²) in [6.45, 7) is 8.71. The van der Waals surface area contributed by atoms with Gasteiger partial charge in [-0.05, 0) is 32.6 Å². The van der Waals surface area contributed by atoms with Gasteiger partial charge in [-0.2, -0.15) is 0 Å². The van der Waals surface area contributed by atoms with Crippen molar-refractivity contribution in [3.05, 3.63) is 0 Å². The van der Waals surface area contributed by atoms with Crippen LogP contribution in [0, 0.1) is 11.3 Å². The third kappa shape index (κ3) is 13.5. The molecule has 0 aromatic rings. The van der Waals surface area contributed by atoms with Gasteiger partial charge in [0.25, 0.3) is 5.97 Å². The van der Waals surface area contributed by atoms with Crippen LogP contribution in [-0.2, 0) is 9.22 Å². The van der Waals surface area contributed by atoms with Crippen molar-refractivity contribution in [1.29, 1.82) is 0 Å². The Balaban J connectivity index is 3.75. The second kappa shape index (κ2) is 17.8. The van der Waals surface area contributed by atoms with Gasteiger partial charge in [0.1, 0.15) is 0 Å². The summed E-state index contributed by atoms with van der Waals surface area (Å²) in [7, 11) is 0.512. The first-order chi connectivity index (χ1) is 13.0. The Morgan fingerprint density at radius 1 is 0.704 bits per heavy atom. The van der Waals surface area contributed by atoms with E-state index in [2.05, 4.69) is 27.7 Å². The van der Waals surface area contributed by atoms with E-state index in [-0.39, 0.29) is 11.4 Å². The van der Waals surface area contributed by atoms with Crippen LogP contribution in [0.1, 0.15) is 137 Å². The third-order valence-electron chi connectivity index (χ3n) is 6.29. The molecular weight excluding hydrogens is 348 g/mol. The fourth-order valence-electron chi connectivity index (χ4n) is 4.15. The normalized spacial score (nSPS) is 13.0. The molecule has 1 atom stereocenters. The van der Waals surface area contributed by atoms with Gasteiger partial charge in [0.05, 0.1) is 5.41 Å². The van der Waals surface area contributed by atoms with Gasteiger partial charge in [0.2, 0.25) is 10.5 Å². The lowest BCUT2D eigenvalue weighted by Crippen LogP contribution is -2.34. The average molecular weight is 399 g/mol. The molecule has 2 nitrogen and oxygen atoms in total. The van der Waals surface area contributed by atoms with Crippen molar-refractivity contribution in [3.63, 3.8) is 0 Å². The van der Waals surface area contributed by atoms with E-state index in [1.54, 1.807) is 0 Å². The fraction of sp³-hybridized carbons (Fsp3) is 0.958. The first kappa shape index (κ1) is 26.7. The van der Waals surface area contributed by atoms with Crippen molar-refractivity contribution in [3.8, 4) is 0 Å². The van der Waals surface area contributed by atoms with Crippen LogP contribution in [0.15, 0.2) is 0 Å². The summed E-state index contributed by atoms with van der Waals surface area (Å²) in [6, 6.07) is 0. The maximum atomic E-state index is 12.2. The highest BCUT2D eigenvalue weighted by Crippen LogP contribution is 2.36. The molecule has 0 N–H and O–H groups in total. The average Bonchev–Trinajstić information content (AvgIpc) is 2.66. The molecule has 0 aliphatic heterocycles. The number of carbonyl (C=O) groups is 1. The van der Waals surface area contributed by atoms with Gasteiger partial charge in [-0.15, -0.1) is 0 Å². The molecule has 0 fully saturated rings. The lowest BCUT2D eigenvalue weighted by Gasteiger charge is -2.32. The molecule has 0 aliphatic carbocycles. The molecule has 0 heterocycles. The molecule has 0 radical (unpaired) electrons. The Kier molecular flexibility index (Phi) is 17.6. The highest BCUT2D eigenvalue weighted by molar-refractivity contribution is 6.06. The van der Waals surface area contributed by atoms with Crippen LogP contribution in [0.25, 0.3) is 0 Å². The summed E-state index contributed by atoms with van der Waals surface area (Å²) in [5, 5.41) is 0. The first-order valence-corrected chi connectivity index (χ1v) is 12.9. The van der Waals surface area contributed by atoms with E-state index in [0.717, 1.165) is 0 Å². The van der Waals surface area contributed by atoms with Gasteiger partial charge in [-0.3, -0.25) is 4.79 Å². The Morgan fingerprint density at radius 2 is 1.07 bits per heavy atom. The van der Waals surface area contributed by atoms with Crippen molar-refractivity contribution in [2.24, 2.45) is 11.3 Å². The molecule has 0 amide bonds. The van der Waals surface area contributed by atoms with E-state index < -0.39 is 0 Å². The number of rotatable bonds is 19. The SMILES string of the molecule is CCCCCCCCCCCCCCCC(CCCC)C(C)(C)C(=O)O[SiH3]. The maximum Gasteiger partial charge on any atom is 0.297 e. The number of carbonyl (C=O) groups excluding carboxylic acids is 1. The second-order valence-corrected chi connectivity index (χ2v) is 9.49. The van der Waals surface area contributed by atoms with Gasteiger partial charge in [0.15, 0.2) is 0 Å². The quantitative estimate of drug-likeness (QED) is 0.171. The predicted octanol–water partition coefficient (Wildman–Crippen LogP) is 7.12. The van der Waals surface area contributed by atoms with Crippen LogP contribution in [0.2, 0.25) is 0 Å². The molecule has 0 aromatic heterocycles. The zero-order chi connectivity index (χ0) is 20.4. The Hall–Kier alpha value is -0.313. The lowest BCUT2D eigenvalue weighted by atomic mass is 9.73. The minimum absolute atomic E-state index is 0.0185. The Bertz CT molecular complexity index is 341. The summed E-state index contributed by atoms with van der Waals surface area (Å²) < 4.78 is 5.19. The first-order valence-electron chi connectivity index (χ1n) is 12.1. The van der Waals surface area contributed by atoms with Gasteiger partial charge in [-0.1, -0.05) is 110 Å². The molecule has 3 heteroatoms. The summed E-state index contributed by atoms with van der Waals surface area (Å²) in [5.74, 6) is 0.497. The van der Waals surface area contributed by atoms with E-state index in [0.29, 0.717) is 16.4 Å².